The molecular weight excluding hydrogens is 382 g/mol. The van der Waals surface area contributed by atoms with Crippen LogP contribution in [0.1, 0.15) is 41.6 Å². The molecule has 154 valence electrons. The molecule has 4 rings (SSSR count). The monoisotopic (exact) mass is 405 g/mol. The van der Waals surface area contributed by atoms with Crippen LogP contribution in [0.4, 0.5) is 0 Å². The highest BCUT2D eigenvalue weighted by molar-refractivity contribution is 5.99. The first kappa shape index (κ1) is 19.8. The highest BCUT2D eigenvalue weighted by Crippen LogP contribution is 2.40. The third kappa shape index (κ3) is 3.14. The van der Waals surface area contributed by atoms with E-state index < -0.39 is 6.04 Å². The van der Waals surface area contributed by atoms with Gasteiger partial charge in [0.2, 0.25) is 5.76 Å². The van der Waals surface area contributed by atoms with E-state index >= 15 is 0 Å². The molecule has 0 spiro atoms. The van der Waals surface area contributed by atoms with Crippen LogP contribution in [0.15, 0.2) is 64.3 Å². The van der Waals surface area contributed by atoms with Gasteiger partial charge in [-0.3, -0.25) is 9.59 Å². The van der Waals surface area contributed by atoms with Crippen molar-refractivity contribution in [2.75, 3.05) is 19.8 Å². The van der Waals surface area contributed by atoms with Crippen LogP contribution in [-0.2, 0) is 0 Å². The molecule has 2 heterocycles. The van der Waals surface area contributed by atoms with Crippen molar-refractivity contribution >= 4 is 16.9 Å². The van der Waals surface area contributed by atoms with Crippen LogP contribution in [0, 0.1) is 0 Å². The minimum absolute atomic E-state index is 0.107. The molecule has 2 aromatic carbocycles. The molecule has 1 amide bonds. The van der Waals surface area contributed by atoms with Gasteiger partial charge in [0, 0.05) is 6.54 Å². The lowest BCUT2D eigenvalue weighted by molar-refractivity contribution is 0.0737. The minimum Gasteiger partial charge on any atom is -0.490 e. The summed E-state index contributed by atoms with van der Waals surface area (Å²) in [5.74, 6) is 0.957. The number of ether oxygens (including phenoxy) is 2. The summed E-state index contributed by atoms with van der Waals surface area (Å²) in [5.41, 5.74) is 1.35. The zero-order chi connectivity index (χ0) is 21.3. The predicted octanol–water partition coefficient (Wildman–Crippen LogP) is 4.32. The Labute approximate surface area is 174 Å². The van der Waals surface area contributed by atoms with Gasteiger partial charge in [-0.15, -0.1) is 0 Å². The first-order valence-corrected chi connectivity index (χ1v) is 9.97. The van der Waals surface area contributed by atoms with Gasteiger partial charge in [-0.05, 0) is 43.7 Å². The average molecular weight is 405 g/mol. The standard InChI is InChI=1S/C24H23NO5/c1-4-13-29-18-12-11-15(14-19(18)28-6-3)21-20-22(26)16-9-7-8-10-17(16)30-23(20)24(27)25(21)5-2/h4,7-12,14,21H,1,5-6,13H2,2-3H3. The van der Waals surface area contributed by atoms with Crippen LogP contribution >= 0.6 is 0 Å². The van der Waals surface area contributed by atoms with Crippen LogP contribution in [0.3, 0.4) is 0 Å². The molecule has 0 radical (unpaired) electrons. The highest BCUT2D eigenvalue weighted by atomic mass is 16.5. The Morgan fingerprint density at radius 1 is 1.10 bits per heavy atom. The number of hydrogen-bond acceptors (Lipinski definition) is 5. The Morgan fingerprint density at radius 2 is 1.90 bits per heavy atom. The maximum absolute atomic E-state index is 13.3. The van der Waals surface area contributed by atoms with Crippen LogP contribution in [0.5, 0.6) is 11.5 Å². The number of carbonyl (C=O) groups is 1. The van der Waals surface area contributed by atoms with Crippen molar-refractivity contribution < 1.29 is 18.7 Å². The fraction of sp³-hybridized carbons (Fsp3) is 0.250. The quantitative estimate of drug-likeness (QED) is 0.548. The summed E-state index contributed by atoms with van der Waals surface area (Å²) in [6.07, 6.45) is 1.66. The minimum atomic E-state index is -0.550. The van der Waals surface area contributed by atoms with Crippen molar-refractivity contribution in [2.45, 2.75) is 19.9 Å². The summed E-state index contributed by atoms with van der Waals surface area (Å²) < 4.78 is 17.3. The van der Waals surface area contributed by atoms with Crippen molar-refractivity contribution in [2.24, 2.45) is 0 Å². The molecule has 30 heavy (non-hydrogen) atoms. The Morgan fingerprint density at radius 3 is 2.63 bits per heavy atom. The van der Waals surface area contributed by atoms with Gasteiger partial charge >= 0.3 is 0 Å². The third-order valence-corrected chi connectivity index (χ3v) is 5.15. The Kier molecular flexibility index (Phi) is 5.31. The summed E-state index contributed by atoms with van der Waals surface area (Å²) in [6.45, 7) is 8.67. The third-order valence-electron chi connectivity index (χ3n) is 5.15. The lowest BCUT2D eigenvalue weighted by Crippen LogP contribution is -2.29. The van der Waals surface area contributed by atoms with Crippen LogP contribution in [0.25, 0.3) is 11.0 Å². The largest absolute Gasteiger partial charge is 0.490 e. The summed E-state index contributed by atoms with van der Waals surface area (Å²) in [7, 11) is 0. The van der Waals surface area contributed by atoms with E-state index in [2.05, 4.69) is 6.58 Å². The lowest BCUT2D eigenvalue weighted by atomic mass is 9.98. The van der Waals surface area contributed by atoms with Gasteiger partial charge in [-0.2, -0.15) is 0 Å². The molecule has 0 N–H and O–H groups in total. The highest BCUT2D eigenvalue weighted by Gasteiger charge is 2.42. The van der Waals surface area contributed by atoms with Gasteiger partial charge in [0.15, 0.2) is 16.9 Å². The van der Waals surface area contributed by atoms with Crippen LogP contribution < -0.4 is 14.9 Å². The molecule has 0 saturated heterocycles. The Balaban J connectivity index is 1.90. The van der Waals surface area contributed by atoms with E-state index in [-0.39, 0.29) is 17.1 Å². The van der Waals surface area contributed by atoms with Crippen molar-refractivity contribution in [1.82, 2.24) is 4.90 Å². The van der Waals surface area contributed by atoms with E-state index in [1.165, 1.54) is 0 Å². The second-order valence-electron chi connectivity index (χ2n) is 6.90. The van der Waals surface area contributed by atoms with Crippen molar-refractivity contribution in [3.63, 3.8) is 0 Å². The zero-order valence-electron chi connectivity index (χ0n) is 17.0. The van der Waals surface area contributed by atoms with E-state index in [0.29, 0.717) is 47.8 Å². The second-order valence-corrected chi connectivity index (χ2v) is 6.90. The van der Waals surface area contributed by atoms with Crippen molar-refractivity contribution in [3.05, 3.63) is 82.2 Å². The molecule has 0 saturated carbocycles. The normalized spacial score (nSPS) is 15.3. The zero-order valence-corrected chi connectivity index (χ0v) is 17.0. The number of nitrogens with zero attached hydrogens (tertiary/aromatic N) is 1. The molecule has 1 unspecified atom stereocenters. The van der Waals surface area contributed by atoms with Gasteiger partial charge in [-0.1, -0.05) is 30.9 Å². The summed E-state index contributed by atoms with van der Waals surface area (Å²) in [5, 5.41) is 0.461. The SMILES string of the molecule is C=CCOc1ccc(C2c3c(oc4ccccc4c3=O)C(=O)N2CC)cc1OCC. The molecule has 1 aliphatic rings. The number of benzene rings is 2. The molecule has 6 heteroatoms. The van der Waals surface area contributed by atoms with E-state index in [1.54, 1.807) is 41.3 Å². The topological polar surface area (TPSA) is 69.0 Å². The molecule has 0 bridgehead atoms. The van der Waals surface area contributed by atoms with Crippen LogP contribution in [-0.4, -0.2) is 30.6 Å². The fourth-order valence-corrected chi connectivity index (χ4v) is 3.87. The first-order valence-electron chi connectivity index (χ1n) is 9.97. The first-order chi connectivity index (χ1) is 14.6. The molecule has 3 aromatic rings. The van der Waals surface area contributed by atoms with E-state index in [1.807, 2.05) is 26.0 Å². The molecule has 1 aliphatic heterocycles. The number of para-hydroxylation sites is 1. The summed E-state index contributed by atoms with van der Waals surface area (Å²) in [4.78, 5) is 28.0. The smallest absolute Gasteiger partial charge is 0.290 e. The molecular formula is C24H23NO5. The Bertz CT molecular complexity index is 1180. The molecule has 6 nitrogen and oxygen atoms in total. The molecule has 0 aliphatic carbocycles. The maximum atomic E-state index is 13.3. The average Bonchev–Trinajstić information content (AvgIpc) is 3.05. The number of rotatable bonds is 7. The molecule has 0 fully saturated rings. The van der Waals surface area contributed by atoms with Gasteiger partial charge in [0.05, 0.1) is 23.6 Å². The van der Waals surface area contributed by atoms with Crippen molar-refractivity contribution in [3.8, 4) is 11.5 Å². The summed E-state index contributed by atoms with van der Waals surface area (Å²) in [6, 6.07) is 11.9. The van der Waals surface area contributed by atoms with Gasteiger partial charge in [0.1, 0.15) is 12.2 Å². The summed E-state index contributed by atoms with van der Waals surface area (Å²) >= 11 is 0. The maximum Gasteiger partial charge on any atom is 0.290 e. The van der Waals surface area contributed by atoms with E-state index in [9.17, 15) is 9.59 Å². The second kappa shape index (κ2) is 8.06. The lowest BCUT2D eigenvalue weighted by Gasteiger charge is -2.24. The van der Waals surface area contributed by atoms with E-state index in [4.69, 9.17) is 13.9 Å². The van der Waals surface area contributed by atoms with Gasteiger partial charge in [-0.25, -0.2) is 0 Å². The predicted molar refractivity (Wildman–Crippen MR) is 114 cm³/mol. The van der Waals surface area contributed by atoms with Gasteiger partial charge in [0.25, 0.3) is 5.91 Å². The van der Waals surface area contributed by atoms with E-state index in [0.717, 1.165) is 5.56 Å². The number of hydrogen-bond donors (Lipinski definition) is 0. The number of fused-ring (bicyclic) bond motifs is 2. The van der Waals surface area contributed by atoms with Gasteiger partial charge < -0.3 is 18.8 Å². The van der Waals surface area contributed by atoms with Crippen LogP contribution in [0.2, 0.25) is 0 Å². The van der Waals surface area contributed by atoms with Crippen molar-refractivity contribution in [1.29, 1.82) is 0 Å². The Hall–Kier alpha value is -3.54. The molecule has 1 atom stereocenters. The number of carbonyl (C=O) groups excluding carboxylic acids is 1. The fourth-order valence-electron chi connectivity index (χ4n) is 3.87. The molecule has 1 aromatic heterocycles. The number of amides is 1.